The third-order valence-corrected chi connectivity index (χ3v) is 2.63. The van der Waals surface area contributed by atoms with Crippen molar-refractivity contribution < 1.29 is 0 Å². The van der Waals surface area contributed by atoms with Crippen molar-refractivity contribution in [3.05, 3.63) is 0 Å². The van der Waals surface area contributed by atoms with E-state index >= 15 is 0 Å². The van der Waals surface area contributed by atoms with Crippen molar-refractivity contribution >= 4 is 0 Å². The Balaban J connectivity index is 1.92. The minimum absolute atomic E-state index is 0.990. The van der Waals surface area contributed by atoms with E-state index in [0.29, 0.717) is 0 Å². The molecule has 1 saturated carbocycles. The molecule has 0 aromatic heterocycles. The second-order valence-corrected chi connectivity index (χ2v) is 3.52. The van der Waals surface area contributed by atoms with Gasteiger partial charge in [0.05, 0.1) is 0 Å². The van der Waals surface area contributed by atoms with E-state index in [0.717, 1.165) is 11.8 Å². The van der Waals surface area contributed by atoms with Crippen LogP contribution in [0.4, 0.5) is 0 Å². The van der Waals surface area contributed by atoms with Crippen molar-refractivity contribution in [2.45, 2.75) is 33.1 Å². The van der Waals surface area contributed by atoms with Crippen LogP contribution in [-0.4, -0.2) is 13.1 Å². The molecule has 0 heterocycles. The normalized spacial score (nSPS) is 31.8. The van der Waals surface area contributed by atoms with Gasteiger partial charge >= 0.3 is 0 Å². The van der Waals surface area contributed by atoms with E-state index in [1.807, 2.05) is 0 Å². The quantitative estimate of drug-likeness (QED) is 0.591. The maximum atomic E-state index is 3.47. The second kappa shape index (κ2) is 3.97. The van der Waals surface area contributed by atoms with Gasteiger partial charge in [-0.1, -0.05) is 20.3 Å². The topological polar surface area (TPSA) is 12.0 Å². The highest BCUT2D eigenvalue weighted by molar-refractivity contribution is 4.78. The zero-order chi connectivity index (χ0) is 7.40. The van der Waals surface area contributed by atoms with Crippen LogP contribution < -0.4 is 5.32 Å². The fraction of sp³-hybridized carbons (Fsp3) is 1.00. The Morgan fingerprint density at radius 3 is 2.60 bits per heavy atom. The minimum atomic E-state index is 0.990. The first-order valence-electron chi connectivity index (χ1n) is 4.55. The molecule has 1 aliphatic rings. The number of nitrogens with one attached hydrogen (secondary N) is 1. The molecule has 2 atom stereocenters. The number of hydrogen-bond acceptors (Lipinski definition) is 1. The molecule has 1 heteroatoms. The fourth-order valence-corrected chi connectivity index (χ4v) is 1.50. The van der Waals surface area contributed by atoms with E-state index in [1.54, 1.807) is 0 Å². The molecule has 1 fully saturated rings. The monoisotopic (exact) mass is 141 g/mol. The summed E-state index contributed by atoms with van der Waals surface area (Å²) in [5.74, 6) is 1.98. The first-order chi connectivity index (χ1) is 4.84. The van der Waals surface area contributed by atoms with Gasteiger partial charge in [-0.2, -0.15) is 0 Å². The van der Waals surface area contributed by atoms with E-state index in [1.165, 1.54) is 32.4 Å². The molecule has 1 aliphatic carbocycles. The summed E-state index contributed by atoms with van der Waals surface area (Å²) in [6, 6.07) is 0. The third-order valence-electron chi connectivity index (χ3n) is 2.63. The molecule has 0 aliphatic heterocycles. The number of hydrogen-bond donors (Lipinski definition) is 1. The lowest BCUT2D eigenvalue weighted by atomic mass is 9.75. The van der Waals surface area contributed by atoms with Crippen LogP contribution in [-0.2, 0) is 0 Å². The Hall–Kier alpha value is -0.0400. The Morgan fingerprint density at radius 2 is 2.20 bits per heavy atom. The summed E-state index contributed by atoms with van der Waals surface area (Å²) in [5.41, 5.74) is 0. The van der Waals surface area contributed by atoms with Crippen LogP contribution in [0.25, 0.3) is 0 Å². The lowest BCUT2D eigenvalue weighted by molar-refractivity contribution is 0.191. The van der Waals surface area contributed by atoms with Crippen LogP contribution >= 0.6 is 0 Å². The highest BCUT2D eigenvalue weighted by Crippen LogP contribution is 2.32. The first-order valence-corrected chi connectivity index (χ1v) is 4.55. The Labute approximate surface area is 64.2 Å². The molecule has 1 nitrogen and oxygen atoms in total. The molecule has 1 rings (SSSR count). The molecule has 0 amide bonds. The minimum Gasteiger partial charge on any atom is -0.316 e. The SMILES string of the molecule is CCCNC[C@@H]1CC[C@H]1C. The second-order valence-electron chi connectivity index (χ2n) is 3.52. The summed E-state index contributed by atoms with van der Waals surface area (Å²) >= 11 is 0. The van der Waals surface area contributed by atoms with Crippen LogP contribution in [0.5, 0.6) is 0 Å². The van der Waals surface area contributed by atoms with Crippen molar-refractivity contribution in [1.82, 2.24) is 5.32 Å². The van der Waals surface area contributed by atoms with Gasteiger partial charge in [-0.3, -0.25) is 0 Å². The standard InChI is InChI=1S/C9H19N/c1-3-6-10-7-9-5-4-8(9)2/h8-10H,3-7H2,1-2H3/t8-,9+/m1/s1. The van der Waals surface area contributed by atoms with Gasteiger partial charge in [-0.25, -0.2) is 0 Å². The molecular weight excluding hydrogens is 122 g/mol. The molecule has 0 saturated heterocycles. The largest absolute Gasteiger partial charge is 0.316 e. The highest BCUT2D eigenvalue weighted by Gasteiger charge is 2.25. The van der Waals surface area contributed by atoms with Gasteiger partial charge in [0.2, 0.25) is 0 Å². The summed E-state index contributed by atoms with van der Waals surface area (Å²) in [4.78, 5) is 0. The molecule has 0 bridgehead atoms. The smallest absolute Gasteiger partial charge is 0.00180 e. The molecule has 0 aromatic carbocycles. The molecule has 0 unspecified atom stereocenters. The van der Waals surface area contributed by atoms with Crippen molar-refractivity contribution in [2.24, 2.45) is 11.8 Å². The van der Waals surface area contributed by atoms with Crippen LogP contribution in [0.1, 0.15) is 33.1 Å². The first kappa shape index (κ1) is 8.06. The predicted octanol–water partition coefficient (Wildman–Crippen LogP) is 2.03. The summed E-state index contributed by atoms with van der Waals surface area (Å²) in [6.45, 7) is 7.04. The van der Waals surface area contributed by atoms with Gasteiger partial charge in [0.15, 0.2) is 0 Å². The fourth-order valence-electron chi connectivity index (χ4n) is 1.50. The van der Waals surface area contributed by atoms with Gasteiger partial charge in [0.25, 0.3) is 0 Å². The third kappa shape index (κ3) is 1.98. The zero-order valence-electron chi connectivity index (χ0n) is 7.19. The van der Waals surface area contributed by atoms with Crippen LogP contribution in [0.2, 0.25) is 0 Å². The molecule has 0 radical (unpaired) electrons. The van der Waals surface area contributed by atoms with Crippen molar-refractivity contribution in [3.8, 4) is 0 Å². The average Bonchev–Trinajstić information content (AvgIpc) is 1.95. The summed E-state index contributed by atoms with van der Waals surface area (Å²) in [6.07, 6.45) is 4.18. The van der Waals surface area contributed by atoms with Gasteiger partial charge in [0.1, 0.15) is 0 Å². The van der Waals surface area contributed by atoms with E-state index in [-0.39, 0.29) is 0 Å². The van der Waals surface area contributed by atoms with Crippen LogP contribution in [0, 0.1) is 11.8 Å². The lowest BCUT2D eigenvalue weighted by Crippen LogP contribution is -2.33. The van der Waals surface area contributed by atoms with Crippen molar-refractivity contribution in [3.63, 3.8) is 0 Å². The maximum Gasteiger partial charge on any atom is -0.00180 e. The molecule has 0 aromatic rings. The zero-order valence-corrected chi connectivity index (χ0v) is 7.19. The molecule has 60 valence electrons. The van der Waals surface area contributed by atoms with Gasteiger partial charge in [0, 0.05) is 0 Å². The molecule has 1 N–H and O–H groups in total. The Bertz CT molecular complexity index is 90.7. The van der Waals surface area contributed by atoms with Gasteiger partial charge in [-0.15, -0.1) is 0 Å². The van der Waals surface area contributed by atoms with E-state index in [4.69, 9.17) is 0 Å². The van der Waals surface area contributed by atoms with E-state index in [9.17, 15) is 0 Å². The Kier molecular flexibility index (Phi) is 3.20. The summed E-state index contributed by atoms with van der Waals surface area (Å²) < 4.78 is 0. The summed E-state index contributed by atoms with van der Waals surface area (Å²) in [7, 11) is 0. The Morgan fingerprint density at radius 1 is 1.40 bits per heavy atom. The predicted molar refractivity (Wildman–Crippen MR) is 45.0 cm³/mol. The van der Waals surface area contributed by atoms with Crippen LogP contribution in [0.3, 0.4) is 0 Å². The van der Waals surface area contributed by atoms with Crippen molar-refractivity contribution in [2.75, 3.05) is 13.1 Å². The molecule has 10 heavy (non-hydrogen) atoms. The van der Waals surface area contributed by atoms with Crippen LogP contribution in [0.15, 0.2) is 0 Å². The maximum absolute atomic E-state index is 3.47. The number of rotatable bonds is 4. The average molecular weight is 141 g/mol. The highest BCUT2D eigenvalue weighted by atomic mass is 14.9. The van der Waals surface area contributed by atoms with Gasteiger partial charge in [-0.05, 0) is 37.8 Å². The summed E-state index contributed by atoms with van der Waals surface area (Å²) in [5, 5.41) is 3.47. The van der Waals surface area contributed by atoms with Gasteiger partial charge < -0.3 is 5.32 Å². The molecule has 0 spiro atoms. The lowest BCUT2D eigenvalue weighted by Gasteiger charge is -2.33. The molecular formula is C9H19N. The van der Waals surface area contributed by atoms with Crippen molar-refractivity contribution in [1.29, 1.82) is 0 Å². The van der Waals surface area contributed by atoms with E-state index < -0.39 is 0 Å². The van der Waals surface area contributed by atoms with E-state index in [2.05, 4.69) is 19.2 Å².